The van der Waals surface area contributed by atoms with Crippen molar-refractivity contribution in [1.29, 1.82) is 0 Å². The van der Waals surface area contributed by atoms with Gasteiger partial charge >= 0.3 is 5.63 Å². The molecule has 1 unspecified atom stereocenters. The fourth-order valence-corrected chi connectivity index (χ4v) is 1.94. The van der Waals surface area contributed by atoms with Crippen LogP contribution in [0.3, 0.4) is 0 Å². The summed E-state index contributed by atoms with van der Waals surface area (Å²) in [6.45, 7) is 0.617. The Morgan fingerprint density at radius 3 is 3.00 bits per heavy atom. The van der Waals surface area contributed by atoms with Crippen LogP contribution < -0.4 is 5.63 Å². The standard InChI is InChI=1S/C11H13NO4/c13-6-9-2-1-5-12(9)11(15)8-3-4-10(14)16-7-8/h3-4,7,9,13H,1-2,5-6H2. The molecule has 0 aromatic carbocycles. The number of nitrogens with zero attached hydrogens (tertiary/aromatic N) is 1. The monoisotopic (exact) mass is 223 g/mol. The Kier molecular flexibility index (Phi) is 3.05. The van der Waals surface area contributed by atoms with E-state index in [1.807, 2.05) is 0 Å². The zero-order valence-corrected chi connectivity index (χ0v) is 8.76. The van der Waals surface area contributed by atoms with Crippen molar-refractivity contribution in [3.05, 3.63) is 34.4 Å². The van der Waals surface area contributed by atoms with Crippen molar-refractivity contribution in [3.63, 3.8) is 0 Å². The van der Waals surface area contributed by atoms with Crippen LogP contribution in [0.5, 0.6) is 0 Å². The van der Waals surface area contributed by atoms with E-state index in [4.69, 9.17) is 5.11 Å². The number of carbonyl (C=O) groups excluding carboxylic acids is 1. The van der Waals surface area contributed by atoms with Gasteiger partial charge in [-0.2, -0.15) is 0 Å². The minimum absolute atomic E-state index is 0.0253. The molecule has 16 heavy (non-hydrogen) atoms. The number of carbonyl (C=O) groups is 1. The lowest BCUT2D eigenvalue weighted by Gasteiger charge is -2.22. The third kappa shape index (κ3) is 1.99. The molecule has 86 valence electrons. The van der Waals surface area contributed by atoms with E-state index in [1.165, 1.54) is 12.1 Å². The summed E-state index contributed by atoms with van der Waals surface area (Å²) >= 11 is 0. The van der Waals surface area contributed by atoms with Gasteiger partial charge in [-0.15, -0.1) is 0 Å². The molecule has 1 aliphatic rings. The summed E-state index contributed by atoms with van der Waals surface area (Å²) in [5, 5.41) is 9.11. The number of amides is 1. The zero-order chi connectivity index (χ0) is 11.5. The van der Waals surface area contributed by atoms with Gasteiger partial charge in [-0.25, -0.2) is 4.79 Å². The normalized spacial score (nSPS) is 20.1. The van der Waals surface area contributed by atoms with Gasteiger partial charge in [0.2, 0.25) is 0 Å². The highest BCUT2D eigenvalue weighted by Gasteiger charge is 2.28. The zero-order valence-electron chi connectivity index (χ0n) is 8.76. The second-order valence-electron chi connectivity index (χ2n) is 3.82. The summed E-state index contributed by atoms with van der Waals surface area (Å²) in [7, 11) is 0. The molecule has 1 atom stereocenters. The van der Waals surface area contributed by atoms with Gasteiger partial charge in [0.15, 0.2) is 0 Å². The van der Waals surface area contributed by atoms with Crippen LogP contribution in [0, 0.1) is 0 Å². The Morgan fingerprint density at radius 1 is 1.56 bits per heavy atom. The molecule has 1 saturated heterocycles. The number of aliphatic hydroxyl groups excluding tert-OH is 1. The van der Waals surface area contributed by atoms with Gasteiger partial charge in [0.25, 0.3) is 5.91 Å². The molecule has 2 rings (SSSR count). The Balaban J connectivity index is 2.18. The molecule has 1 aromatic rings. The minimum atomic E-state index is -0.475. The lowest BCUT2D eigenvalue weighted by molar-refractivity contribution is 0.0675. The Morgan fingerprint density at radius 2 is 2.38 bits per heavy atom. The van der Waals surface area contributed by atoms with Crippen molar-refractivity contribution in [1.82, 2.24) is 4.90 Å². The third-order valence-corrected chi connectivity index (χ3v) is 2.80. The molecule has 1 aromatic heterocycles. The highest BCUT2D eigenvalue weighted by atomic mass is 16.4. The van der Waals surface area contributed by atoms with Crippen molar-refractivity contribution >= 4 is 5.91 Å². The van der Waals surface area contributed by atoms with Gasteiger partial charge in [0.1, 0.15) is 6.26 Å². The highest BCUT2D eigenvalue weighted by molar-refractivity contribution is 5.94. The molecule has 0 bridgehead atoms. The smallest absolute Gasteiger partial charge is 0.335 e. The van der Waals surface area contributed by atoms with Gasteiger partial charge in [-0.1, -0.05) is 0 Å². The number of rotatable bonds is 2. The van der Waals surface area contributed by atoms with Gasteiger partial charge < -0.3 is 14.4 Å². The highest BCUT2D eigenvalue weighted by Crippen LogP contribution is 2.19. The number of likely N-dealkylation sites (tertiary alicyclic amines) is 1. The maximum Gasteiger partial charge on any atom is 0.335 e. The van der Waals surface area contributed by atoms with Crippen LogP contribution in [-0.2, 0) is 0 Å². The average Bonchev–Trinajstić information content (AvgIpc) is 2.77. The fraction of sp³-hybridized carbons (Fsp3) is 0.455. The first kappa shape index (κ1) is 10.9. The summed E-state index contributed by atoms with van der Waals surface area (Å²) in [6, 6.07) is 2.55. The Hall–Kier alpha value is -1.62. The molecule has 0 spiro atoms. The van der Waals surface area contributed by atoms with Crippen LogP contribution in [0.4, 0.5) is 0 Å². The maximum atomic E-state index is 12.0. The first-order valence-corrected chi connectivity index (χ1v) is 5.23. The Bertz CT molecular complexity index is 419. The molecular weight excluding hydrogens is 210 g/mol. The molecule has 0 radical (unpaired) electrons. The molecule has 0 saturated carbocycles. The summed E-state index contributed by atoms with van der Waals surface area (Å²) in [5.74, 6) is -0.194. The lowest BCUT2D eigenvalue weighted by atomic mass is 10.2. The van der Waals surface area contributed by atoms with E-state index in [9.17, 15) is 9.59 Å². The SMILES string of the molecule is O=C(c1ccc(=O)oc1)N1CCCC1CO. The largest absolute Gasteiger partial charge is 0.430 e. The van der Waals surface area contributed by atoms with Crippen molar-refractivity contribution in [2.45, 2.75) is 18.9 Å². The first-order chi connectivity index (χ1) is 7.72. The molecule has 2 heterocycles. The van der Waals surface area contributed by atoms with Crippen LogP contribution in [0.15, 0.2) is 27.6 Å². The minimum Gasteiger partial charge on any atom is -0.430 e. The molecule has 1 aliphatic heterocycles. The van der Waals surface area contributed by atoms with Crippen molar-refractivity contribution in [3.8, 4) is 0 Å². The third-order valence-electron chi connectivity index (χ3n) is 2.80. The molecule has 0 aliphatic carbocycles. The summed E-state index contributed by atoms with van der Waals surface area (Å²) in [5.41, 5.74) is -0.128. The maximum absolute atomic E-state index is 12.0. The second-order valence-corrected chi connectivity index (χ2v) is 3.82. The van der Waals surface area contributed by atoms with Gasteiger partial charge in [0, 0.05) is 12.6 Å². The number of aliphatic hydroxyl groups is 1. The van der Waals surface area contributed by atoms with E-state index in [0.717, 1.165) is 19.1 Å². The first-order valence-electron chi connectivity index (χ1n) is 5.23. The van der Waals surface area contributed by atoms with E-state index >= 15 is 0 Å². The van der Waals surface area contributed by atoms with E-state index in [0.29, 0.717) is 12.1 Å². The summed E-state index contributed by atoms with van der Waals surface area (Å²) < 4.78 is 4.64. The predicted molar refractivity (Wildman–Crippen MR) is 56.1 cm³/mol. The van der Waals surface area contributed by atoms with E-state index in [1.54, 1.807) is 4.90 Å². The van der Waals surface area contributed by atoms with Crippen LogP contribution in [0.2, 0.25) is 0 Å². The van der Waals surface area contributed by atoms with Crippen molar-refractivity contribution in [2.75, 3.05) is 13.2 Å². The summed E-state index contributed by atoms with van der Waals surface area (Å²) in [4.78, 5) is 24.4. The van der Waals surface area contributed by atoms with Gasteiger partial charge in [-0.3, -0.25) is 4.79 Å². The Labute approximate surface area is 92.3 Å². The molecular formula is C11H13NO4. The van der Waals surface area contributed by atoms with E-state index in [-0.39, 0.29) is 18.6 Å². The summed E-state index contributed by atoms with van der Waals surface area (Å²) in [6.07, 6.45) is 2.88. The second kappa shape index (κ2) is 4.49. The van der Waals surface area contributed by atoms with Crippen molar-refractivity contribution < 1.29 is 14.3 Å². The van der Waals surface area contributed by atoms with Crippen molar-refractivity contribution in [2.24, 2.45) is 0 Å². The van der Waals surface area contributed by atoms with Gasteiger partial charge in [0.05, 0.1) is 18.2 Å². The van der Waals surface area contributed by atoms with Crippen LogP contribution >= 0.6 is 0 Å². The molecule has 1 N–H and O–H groups in total. The topological polar surface area (TPSA) is 70.8 Å². The molecule has 5 heteroatoms. The van der Waals surface area contributed by atoms with E-state index < -0.39 is 5.63 Å². The lowest BCUT2D eigenvalue weighted by Crippen LogP contribution is -2.37. The van der Waals surface area contributed by atoms with Crippen LogP contribution in [0.1, 0.15) is 23.2 Å². The number of hydrogen-bond donors (Lipinski definition) is 1. The molecule has 5 nitrogen and oxygen atoms in total. The van der Waals surface area contributed by atoms with Gasteiger partial charge in [-0.05, 0) is 18.9 Å². The number of hydrogen-bond acceptors (Lipinski definition) is 4. The van der Waals surface area contributed by atoms with Crippen LogP contribution in [-0.4, -0.2) is 35.1 Å². The molecule has 1 fully saturated rings. The fourth-order valence-electron chi connectivity index (χ4n) is 1.94. The van der Waals surface area contributed by atoms with Crippen LogP contribution in [0.25, 0.3) is 0 Å². The predicted octanol–water partition coefficient (Wildman–Crippen LogP) is 0.237. The molecule has 1 amide bonds. The quantitative estimate of drug-likeness (QED) is 0.779. The van der Waals surface area contributed by atoms with E-state index in [2.05, 4.69) is 4.42 Å². The average molecular weight is 223 g/mol.